The number of aryl methyl sites for hydroxylation is 1. The summed E-state index contributed by atoms with van der Waals surface area (Å²) in [6, 6.07) is 12.6. The molecule has 2 aromatic rings. The van der Waals surface area contributed by atoms with Crippen molar-refractivity contribution in [2.24, 2.45) is 0 Å². The first-order valence-corrected chi connectivity index (χ1v) is 6.12. The van der Waals surface area contributed by atoms with Crippen molar-refractivity contribution in [1.82, 2.24) is 15.1 Å². The highest BCUT2D eigenvalue weighted by Crippen LogP contribution is 2.20. The van der Waals surface area contributed by atoms with Crippen LogP contribution in [0.15, 0.2) is 36.4 Å². The van der Waals surface area contributed by atoms with Crippen molar-refractivity contribution in [3.63, 3.8) is 0 Å². The van der Waals surface area contributed by atoms with Gasteiger partial charge in [0.15, 0.2) is 0 Å². The lowest BCUT2D eigenvalue weighted by atomic mass is 10.1. The lowest BCUT2D eigenvalue weighted by Gasteiger charge is -2.03. The third kappa shape index (κ3) is 2.74. The van der Waals surface area contributed by atoms with Crippen LogP contribution in [0.5, 0.6) is 0 Å². The largest absolute Gasteiger partial charge is 0.319 e. The number of rotatable bonds is 5. The third-order valence-corrected chi connectivity index (χ3v) is 2.83. The van der Waals surface area contributed by atoms with Gasteiger partial charge in [-0.15, -0.1) is 0 Å². The van der Waals surface area contributed by atoms with Crippen LogP contribution < -0.4 is 5.32 Å². The fourth-order valence-electron chi connectivity index (χ4n) is 1.93. The van der Waals surface area contributed by atoms with E-state index in [1.165, 1.54) is 11.3 Å². The van der Waals surface area contributed by atoms with Gasteiger partial charge in [0.2, 0.25) is 0 Å². The predicted octanol–water partition coefficient (Wildman–Crippen LogP) is 2.33. The Kier molecular flexibility index (Phi) is 3.94. The summed E-state index contributed by atoms with van der Waals surface area (Å²) in [6.07, 6.45) is 0.976. The van der Waals surface area contributed by atoms with Crippen LogP contribution >= 0.6 is 0 Å². The fourth-order valence-corrected chi connectivity index (χ4v) is 1.93. The topological polar surface area (TPSA) is 29.9 Å². The van der Waals surface area contributed by atoms with E-state index in [9.17, 15) is 0 Å². The average molecular weight is 229 g/mol. The first-order valence-electron chi connectivity index (χ1n) is 6.12. The molecule has 0 aliphatic carbocycles. The van der Waals surface area contributed by atoms with Gasteiger partial charge in [0.1, 0.15) is 0 Å². The number of nitrogens with zero attached hydrogens (tertiary/aromatic N) is 2. The molecule has 0 saturated carbocycles. The maximum atomic E-state index is 4.62. The van der Waals surface area contributed by atoms with Crippen molar-refractivity contribution in [2.75, 3.05) is 13.6 Å². The van der Waals surface area contributed by atoms with Crippen molar-refractivity contribution in [3.05, 3.63) is 42.1 Å². The summed E-state index contributed by atoms with van der Waals surface area (Å²) in [6.45, 7) is 4.00. The normalized spacial score (nSPS) is 10.7. The van der Waals surface area contributed by atoms with Gasteiger partial charge in [0.25, 0.3) is 0 Å². The third-order valence-electron chi connectivity index (χ3n) is 2.83. The highest BCUT2D eigenvalue weighted by atomic mass is 15.3. The summed E-state index contributed by atoms with van der Waals surface area (Å²) in [4.78, 5) is 0. The smallest absolute Gasteiger partial charge is 0.0685 e. The lowest BCUT2D eigenvalue weighted by Crippen LogP contribution is -2.10. The van der Waals surface area contributed by atoms with E-state index in [0.29, 0.717) is 0 Å². The highest BCUT2D eigenvalue weighted by molar-refractivity contribution is 5.59. The maximum absolute atomic E-state index is 4.62. The molecule has 0 spiro atoms. The Morgan fingerprint density at radius 1 is 1.24 bits per heavy atom. The van der Waals surface area contributed by atoms with Crippen LogP contribution in [0.25, 0.3) is 11.3 Å². The van der Waals surface area contributed by atoms with E-state index >= 15 is 0 Å². The van der Waals surface area contributed by atoms with Crippen LogP contribution in [-0.2, 0) is 13.0 Å². The molecule has 2 rings (SSSR count). The van der Waals surface area contributed by atoms with E-state index in [-0.39, 0.29) is 0 Å². The Labute approximate surface area is 102 Å². The molecule has 3 nitrogen and oxygen atoms in total. The molecule has 90 valence electrons. The number of hydrogen-bond donors (Lipinski definition) is 1. The van der Waals surface area contributed by atoms with E-state index in [0.717, 1.165) is 25.2 Å². The van der Waals surface area contributed by atoms with Gasteiger partial charge < -0.3 is 5.32 Å². The first kappa shape index (κ1) is 11.9. The Morgan fingerprint density at radius 3 is 2.65 bits per heavy atom. The molecule has 0 unspecified atom stereocenters. The molecule has 0 bridgehead atoms. The highest BCUT2D eigenvalue weighted by Gasteiger charge is 2.07. The zero-order chi connectivity index (χ0) is 12.1. The van der Waals surface area contributed by atoms with Crippen LogP contribution in [0.3, 0.4) is 0 Å². The summed E-state index contributed by atoms with van der Waals surface area (Å²) in [5.41, 5.74) is 3.59. The second kappa shape index (κ2) is 5.64. The van der Waals surface area contributed by atoms with Crippen molar-refractivity contribution in [1.29, 1.82) is 0 Å². The quantitative estimate of drug-likeness (QED) is 0.852. The molecule has 17 heavy (non-hydrogen) atoms. The van der Waals surface area contributed by atoms with Gasteiger partial charge in [0, 0.05) is 19.5 Å². The molecule has 0 aliphatic rings. The molecular formula is C14H19N3. The standard InChI is InChI=1S/C14H19N3/c1-3-17-14(12-7-5-4-6-8-12)11-13(16-17)9-10-15-2/h4-8,11,15H,3,9-10H2,1-2H3. The molecule has 1 aromatic heterocycles. The van der Waals surface area contributed by atoms with Gasteiger partial charge in [-0.25, -0.2) is 0 Å². The van der Waals surface area contributed by atoms with E-state index in [4.69, 9.17) is 0 Å². The first-order chi connectivity index (χ1) is 8.35. The molecule has 0 fully saturated rings. The minimum Gasteiger partial charge on any atom is -0.319 e. The number of benzene rings is 1. The van der Waals surface area contributed by atoms with Crippen LogP contribution in [0.4, 0.5) is 0 Å². The van der Waals surface area contributed by atoms with Crippen LogP contribution in [-0.4, -0.2) is 23.4 Å². The van der Waals surface area contributed by atoms with Crippen LogP contribution in [0.1, 0.15) is 12.6 Å². The monoisotopic (exact) mass is 229 g/mol. The lowest BCUT2D eigenvalue weighted by molar-refractivity contribution is 0.647. The van der Waals surface area contributed by atoms with Crippen molar-refractivity contribution < 1.29 is 0 Å². The molecular weight excluding hydrogens is 210 g/mol. The Hall–Kier alpha value is -1.61. The van der Waals surface area contributed by atoms with Crippen molar-refractivity contribution in [2.45, 2.75) is 19.9 Å². The van der Waals surface area contributed by atoms with E-state index < -0.39 is 0 Å². The molecule has 1 aromatic carbocycles. The second-order valence-corrected chi connectivity index (χ2v) is 4.06. The van der Waals surface area contributed by atoms with Gasteiger partial charge in [-0.1, -0.05) is 30.3 Å². The molecule has 1 heterocycles. The van der Waals surface area contributed by atoms with Gasteiger partial charge in [0.05, 0.1) is 11.4 Å². The summed E-state index contributed by atoms with van der Waals surface area (Å²) in [7, 11) is 1.97. The summed E-state index contributed by atoms with van der Waals surface area (Å²) < 4.78 is 2.07. The molecule has 0 aliphatic heterocycles. The van der Waals surface area contributed by atoms with Crippen molar-refractivity contribution >= 4 is 0 Å². The van der Waals surface area contributed by atoms with E-state index in [2.05, 4.69) is 52.4 Å². The molecule has 0 atom stereocenters. The van der Waals surface area contributed by atoms with Gasteiger partial charge in [-0.3, -0.25) is 4.68 Å². The van der Waals surface area contributed by atoms with Gasteiger partial charge in [-0.2, -0.15) is 5.10 Å². The zero-order valence-electron chi connectivity index (χ0n) is 10.5. The van der Waals surface area contributed by atoms with Crippen molar-refractivity contribution in [3.8, 4) is 11.3 Å². The number of likely N-dealkylation sites (N-methyl/N-ethyl adjacent to an activating group) is 1. The van der Waals surface area contributed by atoms with E-state index in [1.807, 2.05) is 13.1 Å². The molecule has 0 amide bonds. The molecule has 0 radical (unpaired) electrons. The molecule has 3 heteroatoms. The number of aromatic nitrogens is 2. The minimum absolute atomic E-state index is 0.907. The maximum Gasteiger partial charge on any atom is 0.0685 e. The summed E-state index contributed by atoms with van der Waals surface area (Å²) in [5.74, 6) is 0. The van der Waals surface area contributed by atoms with Crippen LogP contribution in [0, 0.1) is 0 Å². The SMILES string of the molecule is CCn1nc(CCNC)cc1-c1ccccc1. The Bertz CT molecular complexity index is 460. The number of nitrogens with one attached hydrogen (secondary N) is 1. The van der Waals surface area contributed by atoms with Gasteiger partial charge >= 0.3 is 0 Å². The molecule has 1 N–H and O–H groups in total. The second-order valence-electron chi connectivity index (χ2n) is 4.06. The predicted molar refractivity (Wildman–Crippen MR) is 71.0 cm³/mol. The summed E-state index contributed by atoms with van der Waals surface area (Å²) >= 11 is 0. The summed E-state index contributed by atoms with van der Waals surface area (Å²) in [5, 5.41) is 7.77. The number of hydrogen-bond acceptors (Lipinski definition) is 2. The average Bonchev–Trinajstić information content (AvgIpc) is 2.80. The minimum atomic E-state index is 0.907. The Balaban J connectivity index is 2.30. The van der Waals surface area contributed by atoms with Gasteiger partial charge in [-0.05, 0) is 25.6 Å². The van der Waals surface area contributed by atoms with Crippen LogP contribution in [0.2, 0.25) is 0 Å². The van der Waals surface area contributed by atoms with E-state index in [1.54, 1.807) is 0 Å². The zero-order valence-corrected chi connectivity index (χ0v) is 10.5. The molecule has 0 saturated heterocycles. The fraction of sp³-hybridized carbons (Fsp3) is 0.357. The Morgan fingerprint density at radius 2 is 2.00 bits per heavy atom.